The predicted molar refractivity (Wildman–Crippen MR) is 104 cm³/mol. The number of carbonyl (C=O) groups excluding carboxylic acids is 3. The smallest absolute Gasteiger partial charge is 0.324 e. The number of benzene rings is 2. The van der Waals surface area contributed by atoms with Gasteiger partial charge in [0.25, 0.3) is 5.91 Å². The molecule has 142 valence electrons. The molecule has 0 heterocycles. The Morgan fingerprint density at radius 3 is 2.04 bits per heavy atom. The monoisotopic (exact) mass is 386 g/mol. The van der Waals surface area contributed by atoms with E-state index in [9.17, 15) is 14.4 Å². The van der Waals surface area contributed by atoms with Crippen molar-refractivity contribution in [1.29, 1.82) is 0 Å². The van der Waals surface area contributed by atoms with Gasteiger partial charge in [-0.3, -0.25) is 14.9 Å². The molecular formula is C20H22N2O4S. The number of hydrogen-bond acceptors (Lipinski definition) is 5. The van der Waals surface area contributed by atoms with Gasteiger partial charge in [-0.05, 0) is 23.6 Å². The van der Waals surface area contributed by atoms with Crippen LogP contribution in [0.25, 0.3) is 0 Å². The van der Waals surface area contributed by atoms with E-state index in [-0.39, 0.29) is 5.92 Å². The van der Waals surface area contributed by atoms with E-state index >= 15 is 0 Å². The first-order valence-electron chi connectivity index (χ1n) is 8.46. The largest absolute Gasteiger partial charge is 0.451 e. The molecule has 2 atom stereocenters. The molecule has 27 heavy (non-hydrogen) atoms. The Morgan fingerprint density at radius 1 is 0.963 bits per heavy atom. The fourth-order valence-corrected chi connectivity index (χ4v) is 3.42. The van der Waals surface area contributed by atoms with E-state index in [0.717, 1.165) is 10.5 Å². The first-order chi connectivity index (χ1) is 12.9. The lowest BCUT2D eigenvalue weighted by Crippen LogP contribution is -2.46. The average molecular weight is 386 g/mol. The van der Waals surface area contributed by atoms with Gasteiger partial charge in [0.2, 0.25) is 0 Å². The minimum Gasteiger partial charge on any atom is -0.451 e. The van der Waals surface area contributed by atoms with Crippen LogP contribution < -0.4 is 11.1 Å². The van der Waals surface area contributed by atoms with Gasteiger partial charge in [0.15, 0.2) is 6.10 Å². The van der Waals surface area contributed by atoms with Crippen LogP contribution in [0.3, 0.4) is 0 Å². The first kappa shape index (κ1) is 20.5. The van der Waals surface area contributed by atoms with Crippen molar-refractivity contribution in [3.63, 3.8) is 0 Å². The van der Waals surface area contributed by atoms with Crippen LogP contribution in [0.1, 0.15) is 24.7 Å². The number of nitrogens with two attached hydrogens (primary N) is 1. The van der Waals surface area contributed by atoms with Gasteiger partial charge < -0.3 is 10.5 Å². The molecule has 0 aliphatic carbocycles. The normalized spacial score (nSPS) is 12.9. The van der Waals surface area contributed by atoms with Crippen molar-refractivity contribution in [2.45, 2.75) is 30.1 Å². The standard InChI is InChI=1S/C20H22N2O4S/c1-13(2)16(18(23)22-20(21)25)26-19(24)17(14-9-5-3-6-10-14)27-15-11-7-4-8-12-15/h3-13,16-17H,1-2H3,(H3,21,22,23,25). The van der Waals surface area contributed by atoms with Gasteiger partial charge in [0.05, 0.1) is 0 Å². The third-order valence-corrected chi connectivity index (χ3v) is 4.91. The van der Waals surface area contributed by atoms with Crippen LogP contribution in [0, 0.1) is 5.92 Å². The Hall–Kier alpha value is -2.80. The van der Waals surface area contributed by atoms with Crippen molar-refractivity contribution in [3.8, 4) is 0 Å². The van der Waals surface area contributed by atoms with Gasteiger partial charge >= 0.3 is 12.0 Å². The van der Waals surface area contributed by atoms with E-state index in [1.165, 1.54) is 11.8 Å². The molecule has 0 radical (unpaired) electrons. The lowest BCUT2D eigenvalue weighted by atomic mass is 10.1. The number of nitrogens with one attached hydrogen (secondary N) is 1. The van der Waals surface area contributed by atoms with E-state index < -0.39 is 29.3 Å². The molecule has 6 nitrogen and oxygen atoms in total. The van der Waals surface area contributed by atoms with Crippen molar-refractivity contribution in [2.24, 2.45) is 11.7 Å². The minimum absolute atomic E-state index is 0.327. The molecule has 0 aliphatic heterocycles. The number of rotatable bonds is 7. The second kappa shape index (κ2) is 9.78. The molecular weight excluding hydrogens is 364 g/mol. The summed E-state index contributed by atoms with van der Waals surface area (Å²) < 4.78 is 5.48. The highest BCUT2D eigenvalue weighted by atomic mass is 32.2. The van der Waals surface area contributed by atoms with E-state index in [4.69, 9.17) is 10.5 Å². The Kier molecular flexibility index (Phi) is 7.43. The lowest BCUT2D eigenvalue weighted by Gasteiger charge is -2.23. The highest BCUT2D eigenvalue weighted by Gasteiger charge is 2.32. The Balaban J connectivity index is 2.24. The van der Waals surface area contributed by atoms with E-state index in [2.05, 4.69) is 0 Å². The van der Waals surface area contributed by atoms with Gasteiger partial charge in [0, 0.05) is 4.90 Å². The molecule has 3 amide bonds. The molecule has 0 saturated heterocycles. The second-order valence-electron chi connectivity index (χ2n) is 6.18. The molecule has 2 unspecified atom stereocenters. The van der Waals surface area contributed by atoms with Crippen LogP contribution in [0.15, 0.2) is 65.6 Å². The van der Waals surface area contributed by atoms with Crippen molar-refractivity contribution < 1.29 is 19.1 Å². The van der Waals surface area contributed by atoms with Gasteiger partial charge in [-0.25, -0.2) is 4.79 Å². The van der Waals surface area contributed by atoms with Crippen molar-refractivity contribution in [3.05, 3.63) is 66.2 Å². The number of carbonyl (C=O) groups is 3. The maximum atomic E-state index is 12.9. The number of esters is 1. The molecule has 0 saturated carbocycles. The number of primary amides is 1. The second-order valence-corrected chi connectivity index (χ2v) is 7.36. The van der Waals surface area contributed by atoms with E-state index in [1.807, 2.05) is 66.0 Å². The lowest BCUT2D eigenvalue weighted by molar-refractivity contribution is -0.157. The number of imide groups is 1. The summed E-state index contributed by atoms with van der Waals surface area (Å²) in [6.45, 7) is 3.45. The molecule has 0 fully saturated rings. The Morgan fingerprint density at radius 2 is 1.52 bits per heavy atom. The summed E-state index contributed by atoms with van der Waals surface area (Å²) >= 11 is 1.33. The zero-order valence-electron chi connectivity index (χ0n) is 15.1. The summed E-state index contributed by atoms with van der Waals surface area (Å²) in [7, 11) is 0. The number of thioether (sulfide) groups is 1. The number of ether oxygens (including phenoxy) is 1. The highest BCUT2D eigenvalue weighted by Crippen LogP contribution is 2.36. The van der Waals surface area contributed by atoms with Gasteiger partial charge in [0.1, 0.15) is 5.25 Å². The topological polar surface area (TPSA) is 98.5 Å². The maximum Gasteiger partial charge on any atom is 0.324 e. The third kappa shape index (κ3) is 6.14. The zero-order chi connectivity index (χ0) is 19.8. The number of hydrogen-bond donors (Lipinski definition) is 2. The SMILES string of the molecule is CC(C)C(OC(=O)C(Sc1ccccc1)c1ccccc1)C(=O)NC(N)=O. The van der Waals surface area contributed by atoms with Gasteiger partial charge in [-0.15, -0.1) is 11.8 Å². The Labute approximate surface area is 162 Å². The van der Waals surface area contributed by atoms with Crippen LogP contribution in [0.2, 0.25) is 0 Å². The summed E-state index contributed by atoms with van der Waals surface area (Å²) in [6, 6.07) is 17.6. The quantitative estimate of drug-likeness (QED) is 0.562. The summed E-state index contributed by atoms with van der Waals surface area (Å²) in [5.41, 5.74) is 5.76. The molecule has 0 bridgehead atoms. The van der Waals surface area contributed by atoms with Gasteiger partial charge in [-0.2, -0.15) is 0 Å². The molecule has 0 aliphatic rings. The number of urea groups is 1. The van der Waals surface area contributed by atoms with Crippen LogP contribution >= 0.6 is 11.8 Å². The molecule has 2 aromatic carbocycles. The van der Waals surface area contributed by atoms with Crippen molar-refractivity contribution in [2.75, 3.05) is 0 Å². The summed E-state index contributed by atoms with van der Waals surface area (Å²) in [4.78, 5) is 36.9. The van der Waals surface area contributed by atoms with Crippen LogP contribution in [0.5, 0.6) is 0 Å². The molecule has 0 spiro atoms. The molecule has 2 aromatic rings. The minimum atomic E-state index is -1.12. The molecule has 2 rings (SSSR count). The fourth-order valence-electron chi connectivity index (χ4n) is 2.39. The average Bonchev–Trinajstić information content (AvgIpc) is 2.64. The van der Waals surface area contributed by atoms with Crippen molar-refractivity contribution in [1.82, 2.24) is 5.32 Å². The molecule has 3 N–H and O–H groups in total. The highest BCUT2D eigenvalue weighted by molar-refractivity contribution is 8.00. The maximum absolute atomic E-state index is 12.9. The predicted octanol–water partition coefficient (Wildman–Crippen LogP) is 3.28. The fraction of sp³-hybridized carbons (Fsp3) is 0.250. The molecule has 0 aromatic heterocycles. The number of amides is 3. The van der Waals surface area contributed by atoms with Crippen LogP contribution in [-0.2, 0) is 14.3 Å². The van der Waals surface area contributed by atoms with Crippen molar-refractivity contribution >= 4 is 29.7 Å². The molecule has 7 heteroatoms. The van der Waals surface area contributed by atoms with Crippen LogP contribution in [0.4, 0.5) is 4.79 Å². The zero-order valence-corrected chi connectivity index (χ0v) is 15.9. The summed E-state index contributed by atoms with van der Waals surface area (Å²) in [5, 5.41) is 1.32. The Bertz CT molecular complexity index is 781. The first-order valence-corrected chi connectivity index (χ1v) is 9.34. The van der Waals surface area contributed by atoms with Crippen LogP contribution in [-0.4, -0.2) is 24.0 Å². The summed E-state index contributed by atoms with van der Waals surface area (Å²) in [6.07, 6.45) is -1.12. The van der Waals surface area contributed by atoms with Gasteiger partial charge in [-0.1, -0.05) is 62.4 Å². The van der Waals surface area contributed by atoms with E-state index in [0.29, 0.717) is 0 Å². The summed E-state index contributed by atoms with van der Waals surface area (Å²) in [5.74, 6) is -1.62. The third-order valence-electron chi connectivity index (χ3n) is 3.67. The van der Waals surface area contributed by atoms with E-state index in [1.54, 1.807) is 13.8 Å².